The van der Waals surface area contributed by atoms with Gasteiger partial charge >= 0.3 is 0 Å². The molecule has 2 aromatic rings. The summed E-state index contributed by atoms with van der Waals surface area (Å²) in [6, 6.07) is 13.7. The van der Waals surface area contributed by atoms with Crippen LogP contribution in [-0.4, -0.2) is 24.0 Å². The molecule has 0 radical (unpaired) electrons. The van der Waals surface area contributed by atoms with Gasteiger partial charge in [-0.05, 0) is 30.2 Å². The maximum atomic E-state index is 12.2. The number of ether oxygens (including phenoxy) is 1. The van der Waals surface area contributed by atoms with E-state index in [0.29, 0.717) is 13.2 Å². The third kappa shape index (κ3) is 3.40. The van der Waals surface area contributed by atoms with Crippen molar-refractivity contribution < 1.29 is 9.53 Å². The fourth-order valence-corrected chi connectivity index (χ4v) is 2.50. The molecule has 0 spiro atoms. The van der Waals surface area contributed by atoms with Gasteiger partial charge < -0.3 is 10.1 Å². The zero-order valence-electron chi connectivity index (χ0n) is 11.8. The second-order valence-corrected chi connectivity index (χ2v) is 5.18. The van der Waals surface area contributed by atoms with Crippen LogP contribution in [0.1, 0.15) is 11.3 Å². The van der Waals surface area contributed by atoms with Gasteiger partial charge in [0.05, 0.1) is 5.92 Å². The molecule has 1 aromatic heterocycles. The summed E-state index contributed by atoms with van der Waals surface area (Å²) in [5, 5.41) is 2.97. The first-order valence-corrected chi connectivity index (χ1v) is 7.21. The molecule has 4 heteroatoms. The largest absolute Gasteiger partial charge is 0.492 e. The number of nitrogens with one attached hydrogen (secondary N) is 1. The van der Waals surface area contributed by atoms with E-state index >= 15 is 0 Å². The van der Waals surface area contributed by atoms with Gasteiger partial charge in [-0.3, -0.25) is 9.78 Å². The normalized spacial score (nSPS) is 16.7. The van der Waals surface area contributed by atoms with Crippen LogP contribution in [0.15, 0.2) is 48.7 Å². The molecule has 0 unspecified atom stereocenters. The lowest BCUT2D eigenvalue weighted by molar-refractivity contribution is -0.126. The Balaban J connectivity index is 1.50. The van der Waals surface area contributed by atoms with E-state index in [9.17, 15) is 4.79 Å². The molecule has 1 aliphatic heterocycles. The quantitative estimate of drug-likeness (QED) is 0.933. The second-order valence-electron chi connectivity index (χ2n) is 5.18. The fraction of sp³-hybridized carbons (Fsp3) is 0.294. The van der Waals surface area contributed by atoms with Crippen molar-refractivity contribution in [3.63, 3.8) is 0 Å². The molecule has 1 amide bonds. The van der Waals surface area contributed by atoms with Crippen molar-refractivity contribution >= 4 is 5.91 Å². The lowest BCUT2D eigenvalue weighted by atomic mass is 9.96. The first-order valence-electron chi connectivity index (χ1n) is 7.21. The molecular weight excluding hydrogens is 264 g/mol. The number of pyridine rings is 1. The van der Waals surface area contributed by atoms with E-state index < -0.39 is 0 Å². The van der Waals surface area contributed by atoms with Crippen molar-refractivity contribution in [3.05, 3.63) is 59.9 Å². The standard InChI is InChI=1S/C17H18N2O2/c20-17(19-10-8-15-6-3-4-9-18-15)14-11-13-5-1-2-7-16(13)21-12-14/h1-7,9,14H,8,10-12H2,(H,19,20)/t14-/m1/s1. The molecule has 0 saturated heterocycles. The average molecular weight is 282 g/mol. The Morgan fingerprint density at radius 2 is 2.10 bits per heavy atom. The highest BCUT2D eigenvalue weighted by Crippen LogP contribution is 2.26. The number of fused-ring (bicyclic) bond motifs is 1. The van der Waals surface area contributed by atoms with Gasteiger partial charge in [-0.2, -0.15) is 0 Å². The highest BCUT2D eigenvalue weighted by Gasteiger charge is 2.25. The molecule has 1 aromatic carbocycles. The van der Waals surface area contributed by atoms with E-state index in [1.165, 1.54) is 0 Å². The van der Waals surface area contributed by atoms with E-state index in [1.807, 2.05) is 42.5 Å². The summed E-state index contributed by atoms with van der Waals surface area (Å²) in [7, 11) is 0. The van der Waals surface area contributed by atoms with E-state index in [1.54, 1.807) is 6.20 Å². The predicted octanol–water partition coefficient (Wildman–Crippen LogP) is 1.99. The molecule has 4 nitrogen and oxygen atoms in total. The summed E-state index contributed by atoms with van der Waals surface area (Å²) < 4.78 is 5.65. The molecule has 0 bridgehead atoms. The second kappa shape index (κ2) is 6.39. The van der Waals surface area contributed by atoms with Gasteiger partial charge in [0.25, 0.3) is 0 Å². The van der Waals surface area contributed by atoms with E-state index in [4.69, 9.17) is 4.74 Å². The number of benzene rings is 1. The summed E-state index contributed by atoms with van der Waals surface area (Å²) in [4.78, 5) is 16.4. The Morgan fingerprint density at radius 3 is 2.95 bits per heavy atom. The van der Waals surface area contributed by atoms with Gasteiger partial charge in [0.1, 0.15) is 12.4 Å². The smallest absolute Gasteiger partial charge is 0.226 e. The van der Waals surface area contributed by atoms with Crippen molar-refractivity contribution in [2.24, 2.45) is 5.92 Å². The van der Waals surface area contributed by atoms with Crippen LogP contribution in [-0.2, 0) is 17.6 Å². The van der Waals surface area contributed by atoms with Crippen LogP contribution in [0.3, 0.4) is 0 Å². The molecule has 1 atom stereocenters. The molecule has 1 aliphatic rings. The number of carbonyl (C=O) groups excluding carboxylic acids is 1. The predicted molar refractivity (Wildman–Crippen MR) is 80.1 cm³/mol. The number of nitrogens with zero attached hydrogens (tertiary/aromatic N) is 1. The SMILES string of the molecule is O=C(NCCc1ccccn1)[C@H]1COc2ccccc2C1. The third-order valence-electron chi connectivity index (χ3n) is 3.66. The molecule has 0 saturated carbocycles. The Hall–Kier alpha value is -2.36. The monoisotopic (exact) mass is 282 g/mol. The molecule has 2 heterocycles. The van der Waals surface area contributed by atoms with Gasteiger partial charge in [0.15, 0.2) is 0 Å². The van der Waals surface area contributed by atoms with Crippen molar-refractivity contribution in [2.45, 2.75) is 12.8 Å². The van der Waals surface area contributed by atoms with Crippen molar-refractivity contribution in [3.8, 4) is 5.75 Å². The first kappa shape index (κ1) is 13.6. The molecule has 21 heavy (non-hydrogen) atoms. The Kier molecular flexibility index (Phi) is 4.15. The minimum absolute atomic E-state index is 0.0560. The lowest BCUT2D eigenvalue weighted by Gasteiger charge is -2.24. The maximum Gasteiger partial charge on any atom is 0.226 e. The maximum absolute atomic E-state index is 12.2. The summed E-state index contributed by atoms with van der Waals surface area (Å²) in [6.45, 7) is 1.06. The van der Waals surface area contributed by atoms with Crippen LogP contribution in [0.2, 0.25) is 0 Å². The molecule has 3 rings (SSSR count). The Labute approximate surface area is 124 Å². The molecule has 0 aliphatic carbocycles. The van der Waals surface area contributed by atoms with Crippen LogP contribution >= 0.6 is 0 Å². The number of aromatic nitrogens is 1. The zero-order valence-corrected chi connectivity index (χ0v) is 11.8. The number of amides is 1. The average Bonchev–Trinajstić information content (AvgIpc) is 2.55. The highest BCUT2D eigenvalue weighted by molar-refractivity contribution is 5.79. The summed E-state index contributed by atoms with van der Waals surface area (Å²) in [5.41, 5.74) is 2.09. The number of rotatable bonds is 4. The van der Waals surface area contributed by atoms with E-state index in [2.05, 4.69) is 10.3 Å². The topological polar surface area (TPSA) is 51.2 Å². The molecule has 0 fully saturated rings. The molecule has 1 N–H and O–H groups in total. The van der Waals surface area contributed by atoms with Crippen LogP contribution in [0.25, 0.3) is 0 Å². The van der Waals surface area contributed by atoms with Crippen LogP contribution < -0.4 is 10.1 Å². The molecular formula is C17H18N2O2. The number of carbonyl (C=O) groups is 1. The van der Waals surface area contributed by atoms with Crippen molar-refractivity contribution in [1.29, 1.82) is 0 Å². The van der Waals surface area contributed by atoms with E-state index in [0.717, 1.165) is 29.8 Å². The van der Waals surface area contributed by atoms with Gasteiger partial charge in [-0.25, -0.2) is 0 Å². The minimum atomic E-state index is -0.108. The van der Waals surface area contributed by atoms with Crippen LogP contribution in [0.4, 0.5) is 0 Å². The summed E-state index contributed by atoms with van der Waals surface area (Å²) >= 11 is 0. The van der Waals surface area contributed by atoms with Crippen LogP contribution in [0.5, 0.6) is 5.75 Å². The third-order valence-corrected chi connectivity index (χ3v) is 3.66. The van der Waals surface area contributed by atoms with Gasteiger partial charge in [0, 0.05) is 24.9 Å². The van der Waals surface area contributed by atoms with Gasteiger partial charge in [-0.15, -0.1) is 0 Å². The van der Waals surface area contributed by atoms with Crippen molar-refractivity contribution in [2.75, 3.05) is 13.2 Å². The van der Waals surface area contributed by atoms with Crippen molar-refractivity contribution in [1.82, 2.24) is 10.3 Å². The highest BCUT2D eigenvalue weighted by atomic mass is 16.5. The summed E-state index contributed by atoms with van der Waals surface area (Å²) in [6.07, 6.45) is 3.26. The summed E-state index contributed by atoms with van der Waals surface area (Å²) in [5.74, 6) is 0.846. The van der Waals surface area contributed by atoms with E-state index in [-0.39, 0.29) is 11.8 Å². The first-order chi connectivity index (χ1) is 10.3. The minimum Gasteiger partial charge on any atom is -0.492 e. The van der Waals surface area contributed by atoms with Gasteiger partial charge in [-0.1, -0.05) is 24.3 Å². The van der Waals surface area contributed by atoms with Gasteiger partial charge in [0.2, 0.25) is 5.91 Å². The zero-order chi connectivity index (χ0) is 14.5. The Morgan fingerprint density at radius 1 is 1.24 bits per heavy atom. The number of hydrogen-bond acceptors (Lipinski definition) is 3. The lowest BCUT2D eigenvalue weighted by Crippen LogP contribution is -2.38. The van der Waals surface area contributed by atoms with Crippen LogP contribution in [0, 0.1) is 5.92 Å². The number of para-hydroxylation sites is 1. The fourth-order valence-electron chi connectivity index (χ4n) is 2.50. The Bertz CT molecular complexity index is 613. The number of hydrogen-bond donors (Lipinski definition) is 1. The molecule has 108 valence electrons.